The van der Waals surface area contributed by atoms with Gasteiger partial charge in [-0.05, 0) is 37.4 Å². The zero-order valence-electron chi connectivity index (χ0n) is 12.7. The fourth-order valence-electron chi connectivity index (χ4n) is 2.37. The first kappa shape index (κ1) is 15.0. The van der Waals surface area contributed by atoms with E-state index in [1.54, 1.807) is 22.6 Å². The molecule has 1 heterocycles. The van der Waals surface area contributed by atoms with Crippen molar-refractivity contribution in [1.29, 1.82) is 0 Å². The molecule has 0 spiro atoms. The van der Waals surface area contributed by atoms with Crippen LogP contribution in [0.2, 0.25) is 0 Å². The summed E-state index contributed by atoms with van der Waals surface area (Å²) in [5, 5.41) is 0.981. The Morgan fingerprint density at radius 1 is 1.24 bits per heavy atom. The lowest BCUT2D eigenvalue weighted by Crippen LogP contribution is -2.28. The summed E-state index contributed by atoms with van der Waals surface area (Å²) in [4.78, 5) is 26.0. The predicted octanol–water partition coefficient (Wildman–Crippen LogP) is 2.42. The molecular weight excluding hydrogens is 264 g/mol. The van der Waals surface area contributed by atoms with Gasteiger partial charge in [-0.15, -0.1) is 0 Å². The van der Waals surface area contributed by atoms with Crippen LogP contribution >= 0.6 is 0 Å². The van der Waals surface area contributed by atoms with Crippen LogP contribution in [0.15, 0.2) is 41.2 Å². The lowest BCUT2D eigenvalue weighted by molar-refractivity contribution is -0.125. The van der Waals surface area contributed by atoms with E-state index in [0.29, 0.717) is 18.7 Å². The highest BCUT2D eigenvalue weighted by molar-refractivity contribution is 5.92. The summed E-state index contributed by atoms with van der Waals surface area (Å²) in [6, 6.07) is 9.52. The van der Waals surface area contributed by atoms with E-state index in [2.05, 4.69) is 0 Å². The number of hydrogen-bond acceptors (Lipinski definition) is 2. The van der Waals surface area contributed by atoms with Crippen LogP contribution in [0.25, 0.3) is 17.0 Å². The normalized spacial score (nSPS) is 11.2. The standard InChI is InChI=1S/C17H20N2O2/c1-4-19(5-2)16(20)11-10-14-12-13-8-6-7-9-15(13)18(3)17(14)21/h6-12H,4-5H2,1-3H3/b11-10+. The highest BCUT2D eigenvalue weighted by Crippen LogP contribution is 2.13. The van der Waals surface area contributed by atoms with Gasteiger partial charge in [-0.3, -0.25) is 9.59 Å². The number of aromatic nitrogens is 1. The van der Waals surface area contributed by atoms with Gasteiger partial charge in [0, 0.05) is 31.8 Å². The molecule has 1 amide bonds. The molecule has 0 aliphatic heterocycles. The molecule has 4 nitrogen and oxygen atoms in total. The van der Waals surface area contributed by atoms with Gasteiger partial charge in [-0.1, -0.05) is 18.2 Å². The third-order valence-corrected chi connectivity index (χ3v) is 3.64. The van der Waals surface area contributed by atoms with E-state index >= 15 is 0 Å². The average molecular weight is 284 g/mol. The maximum atomic E-state index is 12.3. The Morgan fingerprint density at radius 2 is 1.90 bits per heavy atom. The molecule has 2 rings (SSSR count). The molecule has 0 radical (unpaired) electrons. The second-order valence-electron chi connectivity index (χ2n) is 4.87. The van der Waals surface area contributed by atoms with Crippen molar-refractivity contribution in [3.8, 4) is 0 Å². The molecule has 21 heavy (non-hydrogen) atoms. The van der Waals surface area contributed by atoms with Crippen molar-refractivity contribution >= 4 is 22.9 Å². The highest BCUT2D eigenvalue weighted by atomic mass is 16.2. The molecule has 1 aromatic heterocycles. The predicted molar refractivity (Wildman–Crippen MR) is 86.2 cm³/mol. The van der Waals surface area contributed by atoms with E-state index in [1.165, 1.54) is 6.08 Å². The van der Waals surface area contributed by atoms with E-state index in [-0.39, 0.29) is 11.5 Å². The van der Waals surface area contributed by atoms with Crippen molar-refractivity contribution in [3.05, 3.63) is 52.3 Å². The summed E-state index contributed by atoms with van der Waals surface area (Å²) in [6.45, 7) is 5.19. The Balaban J connectivity index is 2.41. The lowest BCUT2D eigenvalue weighted by atomic mass is 10.1. The fourth-order valence-corrected chi connectivity index (χ4v) is 2.37. The molecule has 0 bridgehead atoms. The Morgan fingerprint density at radius 3 is 2.57 bits per heavy atom. The summed E-state index contributed by atoms with van der Waals surface area (Å²) in [5.74, 6) is -0.0739. The van der Waals surface area contributed by atoms with E-state index in [4.69, 9.17) is 0 Å². The van der Waals surface area contributed by atoms with Crippen molar-refractivity contribution < 1.29 is 4.79 Å². The average Bonchev–Trinajstić information content (AvgIpc) is 2.50. The van der Waals surface area contributed by atoms with Crippen molar-refractivity contribution in [3.63, 3.8) is 0 Å². The van der Waals surface area contributed by atoms with Crippen LogP contribution in [0.3, 0.4) is 0 Å². The van der Waals surface area contributed by atoms with Gasteiger partial charge < -0.3 is 9.47 Å². The zero-order valence-corrected chi connectivity index (χ0v) is 12.7. The van der Waals surface area contributed by atoms with E-state index in [0.717, 1.165) is 10.9 Å². The van der Waals surface area contributed by atoms with Gasteiger partial charge in [0.25, 0.3) is 5.56 Å². The number of hydrogen-bond donors (Lipinski definition) is 0. The number of fused-ring (bicyclic) bond motifs is 1. The van der Waals surface area contributed by atoms with Gasteiger partial charge in [-0.25, -0.2) is 0 Å². The number of carbonyl (C=O) groups excluding carboxylic acids is 1. The molecule has 0 saturated heterocycles. The highest BCUT2D eigenvalue weighted by Gasteiger charge is 2.07. The third kappa shape index (κ3) is 3.05. The lowest BCUT2D eigenvalue weighted by Gasteiger charge is -2.15. The number of aryl methyl sites for hydroxylation is 1. The van der Waals surface area contributed by atoms with Gasteiger partial charge in [0.2, 0.25) is 5.91 Å². The summed E-state index contributed by atoms with van der Waals surface area (Å²) in [5.41, 5.74) is 1.31. The van der Waals surface area contributed by atoms with Crippen molar-refractivity contribution in [1.82, 2.24) is 9.47 Å². The number of amides is 1. The molecule has 110 valence electrons. The maximum Gasteiger partial charge on any atom is 0.258 e. The number of benzene rings is 1. The Kier molecular flexibility index (Phi) is 4.58. The third-order valence-electron chi connectivity index (χ3n) is 3.64. The minimum absolute atomic E-state index is 0.0739. The van der Waals surface area contributed by atoms with Crippen LogP contribution in [0.1, 0.15) is 19.4 Å². The largest absolute Gasteiger partial charge is 0.340 e. The molecule has 0 saturated carbocycles. The number of pyridine rings is 1. The minimum Gasteiger partial charge on any atom is -0.340 e. The molecule has 2 aromatic rings. The topological polar surface area (TPSA) is 42.3 Å². The smallest absolute Gasteiger partial charge is 0.258 e. The van der Waals surface area contributed by atoms with E-state index in [1.807, 2.05) is 44.2 Å². The second kappa shape index (κ2) is 6.39. The van der Waals surface area contributed by atoms with Gasteiger partial charge in [0.1, 0.15) is 0 Å². The zero-order chi connectivity index (χ0) is 15.4. The molecule has 0 aliphatic rings. The Bertz CT molecular complexity index is 740. The summed E-state index contributed by atoms with van der Waals surface area (Å²) >= 11 is 0. The van der Waals surface area contributed by atoms with Gasteiger partial charge >= 0.3 is 0 Å². The molecule has 1 aromatic carbocycles. The summed E-state index contributed by atoms with van der Waals surface area (Å²) in [6.07, 6.45) is 3.08. The minimum atomic E-state index is -0.0997. The number of carbonyl (C=O) groups is 1. The van der Waals surface area contributed by atoms with Crippen molar-refractivity contribution in [2.75, 3.05) is 13.1 Å². The first-order valence-electron chi connectivity index (χ1n) is 7.14. The van der Waals surface area contributed by atoms with Crippen molar-refractivity contribution in [2.24, 2.45) is 7.05 Å². The van der Waals surface area contributed by atoms with Crippen LogP contribution in [0.4, 0.5) is 0 Å². The van der Waals surface area contributed by atoms with Gasteiger partial charge in [-0.2, -0.15) is 0 Å². The molecule has 0 unspecified atom stereocenters. The van der Waals surface area contributed by atoms with Gasteiger partial charge in [0.05, 0.1) is 5.52 Å². The number of rotatable bonds is 4. The van der Waals surface area contributed by atoms with Crippen molar-refractivity contribution in [2.45, 2.75) is 13.8 Å². The molecule has 0 aliphatic carbocycles. The van der Waals surface area contributed by atoms with Crippen LogP contribution < -0.4 is 5.56 Å². The Labute approximate surface area is 124 Å². The van der Waals surface area contributed by atoms with E-state index < -0.39 is 0 Å². The van der Waals surface area contributed by atoms with E-state index in [9.17, 15) is 9.59 Å². The molecule has 0 fully saturated rings. The first-order chi connectivity index (χ1) is 10.1. The molecule has 4 heteroatoms. The second-order valence-corrected chi connectivity index (χ2v) is 4.87. The molecule has 0 N–H and O–H groups in total. The SMILES string of the molecule is CCN(CC)C(=O)/C=C/c1cc2ccccc2n(C)c1=O. The van der Waals surface area contributed by atoms with Gasteiger partial charge in [0.15, 0.2) is 0 Å². The molecular formula is C17H20N2O2. The molecule has 0 atom stereocenters. The Hall–Kier alpha value is -2.36. The number of likely N-dealkylation sites (N-methyl/N-ethyl adjacent to an activating group) is 1. The van der Waals surface area contributed by atoms with Crippen LogP contribution in [-0.2, 0) is 11.8 Å². The van der Waals surface area contributed by atoms with Crippen LogP contribution in [-0.4, -0.2) is 28.5 Å². The number of para-hydroxylation sites is 1. The maximum absolute atomic E-state index is 12.3. The van der Waals surface area contributed by atoms with Crippen LogP contribution in [0, 0.1) is 0 Å². The monoisotopic (exact) mass is 284 g/mol. The number of nitrogens with zero attached hydrogens (tertiary/aromatic N) is 2. The fraction of sp³-hybridized carbons (Fsp3) is 0.294. The quantitative estimate of drug-likeness (QED) is 0.809. The van der Waals surface area contributed by atoms with Crippen LogP contribution in [0.5, 0.6) is 0 Å². The first-order valence-corrected chi connectivity index (χ1v) is 7.14. The summed E-state index contributed by atoms with van der Waals surface area (Å²) < 4.78 is 1.61. The summed E-state index contributed by atoms with van der Waals surface area (Å²) in [7, 11) is 1.74.